The van der Waals surface area contributed by atoms with Crippen LogP contribution in [0.4, 0.5) is 5.69 Å². The molecule has 1 N–H and O–H groups in total. The van der Waals surface area contributed by atoms with E-state index in [0.29, 0.717) is 24.3 Å². The van der Waals surface area contributed by atoms with Gasteiger partial charge in [0.15, 0.2) is 0 Å². The number of nitrogens with zero attached hydrogens (tertiary/aromatic N) is 3. The van der Waals surface area contributed by atoms with Gasteiger partial charge in [-0.15, -0.1) is 0 Å². The Kier molecular flexibility index (Phi) is 5.47. The van der Waals surface area contributed by atoms with Crippen molar-refractivity contribution in [2.45, 2.75) is 31.5 Å². The largest absolute Gasteiger partial charge is 0.487 e. The molecule has 2 saturated heterocycles. The molecule has 6 heteroatoms. The molecular formula is C25H27N3O3. The van der Waals surface area contributed by atoms with Crippen LogP contribution < -0.4 is 9.64 Å². The number of carbonyl (C=O) groups excluding carboxylic acids is 1. The van der Waals surface area contributed by atoms with Crippen LogP contribution in [0.15, 0.2) is 60.8 Å². The Morgan fingerprint density at radius 2 is 1.81 bits per heavy atom. The van der Waals surface area contributed by atoms with Crippen LogP contribution >= 0.6 is 0 Å². The van der Waals surface area contributed by atoms with Gasteiger partial charge in [0.05, 0.1) is 12.1 Å². The fourth-order valence-corrected chi connectivity index (χ4v) is 4.55. The first kappa shape index (κ1) is 19.8. The highest BCUT2D eigenvalue weighted by molar-refractivity contribution is 5.94. The number of aliphatic hydroxyl groups excluding tert-OH is 1. The summed E-state index contributed by atoms with van der Waals surface area (Å²) in [6.45, 7) is 2.98. The number of hydrogen-bond donors (Lipinski definition) is 1. The van der Waals surface area contributed by atoms with Crippen molar-refractivity contribution in [2.75, 3.05) is 31.1 Å². The quantitative estimate of drug-likeness (QED) is 0.704. The standard InChI is InChI=1S/C25H27N3O3/c29-22-17-28(25(30)18-8-10-19(11-9-18)27-14-1-2-15-27)16-12-24(22)31-23-7-3-6-21-20(23)5-4-13-26-21/h3-11,13,22,24,29H,1-2,12,14-17H2/t22-,24-/m1/s1. The minimum absolute atomic E-state index is 0.0418. The van der Waals surface area contributed by atoms with Gasteiger partial charge in [-0.3, -0.25) is 9.78 Å². The summed E-state index contributed by atoms with van der Waals surface area (Å²) in [5.41, 5.74) is 2.69. The molecule has 0 bridgehead atoms. The fourth-order valence-electron chi connectivity index (χ4n) is 4.55. The summed E-state index contributed by atoms with van der Waals surface area (Å²) in [5.74, 6) is 0.673. The Hall–Kier alpha value is -3.12. The molecule has 2 aliphatic heterocycles. The molecule has 0 aliphatic carbocycles. The molecule has 6 nitrogen and oxygen atoms in total. The predicted octanol–water partition coefficient (Wildman–Crippen LogP) is 3.49. The van der Waals surface area contributed by atoms with E-state index in [2.05, 4.69) is 9.88 Å². The first-order valence-corrected chi connectivity index (χ1v) is 11.0. The lowest BCUT2D eigenvalue weighted by Gasteiger charge is -2.36. The average molecular weight is 418 g/mol. The van der Waals surface area contributed by atoms with Crippen molar-refractivity contribution < 1.29 is 14.6 Å². The van der Waals surface area contributed by atoms with E-state index in [-0.39, 0.29) is 18.6 Å². The third-order valence-corrected chi connectivity index (χ3v) is 6.28. The van der Waals surface area contributed by atoms with Crippen LogP contribution in [0, 0.1) is 0 Å². The van der Waals surface area contributed by atoms with E-state index in [1.807, 2.05) is 54.6 Å². The van der Waals surface area contributed by atoms with Crippen LogP contribution in [-0.2, 0) is 0 Å². The van der Waals surface area contributed by atoms with E-state index in [1.165, 1.54) is 18.5 Å². The van der Waals surface area contributed by atoms with Crippen molar-refractivity contribution in [3.63, 3.8) is 0 Å². The Morgan fingerprint density at radius 1 is 1.00 bits per heavy atom. The summed E-state index contributed by atoms with van der Waals surface area (Å²) >= 11 is 0. The van der Waals surface area contributed by atoms with Gasteiger partial charge in [0.25, 0.3) is 5.91 Å². The highest BCUT2D eigenvalue weighted by Gasteiger charge is 2.32. The second-order valence-corrected chi connectivity index (χ2v) is 8.33. The van der Waals surface area contributed by atoms with Crippen LogP contribution in [0.25, 0.3) is 10.9 Å². The lowest BCUT2D eigenvalue weighted by atomic mass is 10.0. The third-order valence-electron chi connectivity index (χ3n) is 6.28. The number of fused-ring (bicyclic) bond motifs is 1. The zero-order valence-electron chi connectivity index (χ0n) is 17.5. The summed E-state index contributed by atoms with van der Waals surface area (Å²) < 4.78 is 6.15. The number of hydrogen-bond acceptors (Lipinski definition) is 5. The number of aliphatic hydroxyl groups is 1. The van der Waals surface area contributed by atoms with Gasteiger partial charge in [0.1, 0.15) is 18.0 Å². The molecule has 0 radical (unpaired) electrons. The number of pyridine rings is 1. The van der Waals surface area contributed by atoms with Crippen LogP contribution in [0.1, 0.15) is 29.6 Å². The molecule has 0 spiro atoms. The van der Waals surface area contributed by atoms with Gasteiger partial charge in [0.2, 0.25) is 0 Å². The van der Waals surface area contributed by atoms with Crippen LogP contribution in [0.5, 0.6) is 5.75 Å². The molecule has 2 atom stereocenters. The number of benzene rings is 2. The molecule has 3 aromatic rings. The van der Waals surface area contributed by atoms with Gasteiger partial charge in [-0.25, -0.2) is 0 Å². The molecular weight excluding hydrogens is 390 g/mol. The Balaban J connectivity index is 1.23. The molecule has 1 amide bonds. The number of aromatic nitrogens is 1. The Bertz CT molecular complexity index is 1060. The molecule has 0 saturated carbocycles. The van der Waals surface area contributed by atoms with Gasteiger partial charge < -0.3 is 19.6 Å². The van der Waals surface area contributed by atoms with E-state index >= 15 is 0 Å². The summed E-state index contributed by atoms with van der Waals surface area (Å²) in [4.78, 5) is 21.4. The van der Waals surface area contributed by atoms with Crippen molar-refractivity contribution in [2.24, 2.45) is 0 Å². The number of ether oxygens (including phenoxy) is 1. The first-order chi connectivity index (χ1) is 15.2. The average Bonchev–Trinajstić information content (AvgIpc) is 3.35. The van der Waals surface area contributed by atoms with E-state index < -0.39 is 6.10 Å². The second kappa shape index (κ2) is 8.55. The van der Waals surface area contributed by atoms with Crippen molar-refractivity contribution in [1.82, 2.24) is 9.88 Å². The van der Waals surface area contributed by atoms with Crippen LogP contribution in [-0.4, -0.2) is 59.3 Å². The number of amides is 1. The van der Waals surface area contributed by atoms with E-state index in [1.54, 1.807) is 11.1 Å². The molecule has 0 unspecified atom stereocenters. The molecule has 2 fully saturated rings. The number of anilines is 1. The molecule has 3 heterocycles. The van der Waals surface area contributed by atoms with Crippen LogP contribution in [0.2, 0.25) is 0 Å². The number of piperidine rings is 1. The van der Waals surface area contributed by atoms with Gasteiger partial charge in [0, 0.05) is 48.9 Å². The first-order valence-electron chi connectivity index (χ1n) is 11.0. The van der Waals surface area contributed by atoms with Gasteiger partial charge in [-0.05, 0) is 61.4 Å². The van der Waals surface area contributed by atoms with E-state index in [4.69, 9.17) is 4.74 Å². The van der Waals surface area contributed by atoms with Gasteiger partial charge in [-0.1, -0.05) is 6.07 Å². The third kappa shape index (κ3) is 4.08. The van der Waals surface area contributed by atoms with Crippen molar-refractivity contribution in [1.29, 1.82) is 0 Å². The van der Waals surface area contributed by atoms with Crippen molar-refractivity contribution >= 4 is 22.5 Å². The number of likely N-dealkylation sites (tertiary alicyclic amines) is 1. The molecule has 2 aliphatic rings. The number of β-amino-alcohol motifs (C(OH)–C–C–N with tert-alkyl or cyclic N) is 1. The highest BCUT2D eigenvalue weighted by atomic mass is 16.5. The smallest absolute Gasteiger partial charge is 0.253 e. The Labute approximate surface area is 182 Å². The van der Waals surface area contributed by atoms with Gasteiger partial charge in [-0.2, -0.15) is 0 Å². The lowest BCUT2D eigenvalue weighted by Crippen LogP contribution is -2.51. The zero-order chi connectivity index (χ0) is 21.2. The normalized spacial score (nSPS) is 21.5. The SMILES string of the molecule is O=C(c1ccc(N2CCCC2)cc1)N1CC[C@@H](Oc2cccc3ncccc23)[C@H](O)C1. The summed E-state index contributed by atoms with van der Waals surface area (Å²) in [7, 11) is 0. The molecule has 31 heavy (non-hydrogen) atoms. The minimum atomic E-state index is -0.742. The number of carbonyl (C=O) groups is 1. The molecule has 5 rings (SSSR count). The fraction of sp³-hybridized carbons (Fsp3) is 0.360. The van der Waals surface area contributed by atoms with E-state index in [9.17, 15) is 9.90 Å². The maximum absolute atomic E-state index is 13.0. The summed E-state index contributed by atoms with van der Waals surface area (Å²) in [5, 5.41) is 11.6. The van der Waals surface area contributed by atoms with Crippen LogP contribution in [0.3, 0.4) is 0 Å². The zero-order valence-corrected chi connectivity index (χ0v) is 17.5. The highest BCUT2D eigenvalue weighted by Crippen LogP contribution is 2.28. The van der Waals surface area contributed by atoms with E-state index in [0.717, 1.165) is 24.0 Å². The van der Waals surface area contributed by atoms with Gasteiger partial charge >= 0.3 is 0 Å². The topological polar surface area (TPSA) is 65.9 Å². The summed E-state index contributed by atoms with van der Waals surface area (Å²) in [6.07, 6.45) is 3.69. The maximum Gasteiger partial charge on any atom is 0.253 e. The maximum atomic E-state index is 13.0. The molecule has 1 aromatic heterocycles. The molecule has 2 aromatic carbocycles. The summed E-state index contributed by atoms with van der Waals surface area (Å²) in [6, 6.07) is 17.4. The Morgan fingerprint density at radius 3 is 2.58 bits per heavy atom. The second-order valence-electron chi connectivity index (χ2n) is 8.33. The molecule has 160 valence electrons. The van der Waals surface area contributed by atoms with Crippen molar-refractivity contribution in [3.05, 3.63) is 66.4 Å². The number of rotatable bonds is 4. The van der Waals surface area contributed by atoms with Crippen molar-refractivity contribution in [3.8, 4) is 5.75 Å². The minimum Gasteiger partial charge on any atom is -0.487 e. The monoisotopic (exact) mass is 417 g/mol. The lowest BCUT2D eigenvalue weighted by molar-refractivity contribution is -0.0193. The predicted molar refractivity (Wildman–Crippen MR) is 121 cm³/mol.